The van der Waals surface area contributed by atoms with Crippen molar-refractivity contribution >= 4 is 34.3 Å². The number of ether oxygens (including phenoxy) is 1. The Morgan fingerprint density at radius 3 is 2.79 bits per heavy atom. The minimum Gasteiger partial charge on any atom is -0.495 e. The number of benzene rings is 2. The summed E-state index contributed by atoms with van der Waals surface area (Å²) in [5.41, 5.74) is 2.38. The maximum atomic E-state index is 12.4. The summed E-state index contributed by atoms with van der Waals surface area (Å²) in [4.78, 5) is 30.6. The average Bonchev–Trinajstić information content (AvgIpc) is 3.39. The zero-order valence-electron chi connectivity index (χ0n) is 15.4. The molecule has 0 saturated heterocycles. The van der Waals surface area contributed by atoms with Crippen LogP contribution in [0.2, 0.25) is 0 Å². The molecule has 0 fully saturated rings. The number of H-pyrrole nitrogens is 1. The van der Waals surface area contributed by atoms with E-state index in [1.165, 1.54) is 23.9 Å². The number of fused-ring (bicyclic) bond motifs is 1. The lowest BCUT2D eigenvalue weighted by Crippen LogP contribution is -2.05. The summed E-state index contributed by atoms with van der Waals surface area (Å²) in [6.07, 6.45) is 1.70. The maximum absolute atomic E-state index is 12.4. The number of carbonyl (C=O) groups is 1. The van der Waals surface area contributed by atoms with Crippen molar-refractivity contribution < 1.29 is 14.5 Å². The highest BCUT2D eigenvalue weighted by atomic mass is 32.2. The fourth-order valence-electron chi connectivity index (χ4n) is 3.02. The summed E-state index contributed by atoms with van der Waals surface area (Å²) in [7, 11) is 1.57. The number of nitro groups is 1. The summed E-state index contributed by atoms with van der Waals surface area (Å²) >= 11 is 1.26. The van der Waals surface area contributed by atoms with E-state index >= 15 is 0 Å². The van der Waals surface area contributed by atoms with Crippen LogP contribution in [0.1, 0.15) is 10.5 Å². The molecular formula is C20H16N4O4S. The van der Waals surface area contributed by atoms with Crippen LogP contribution >= 0.6 is 11.8 Å². The second kappa shape index (κ2) is 7.80. The van der Waals surface area contributed by atoms with Gasteiger partial charge in [-0.15, -0.1) is 0 Å². The molecule has 0 saturated carbocycles. The fraction of sp³-hybridized carbons (Fsp3) is 0.100. The van der Waals surface area contributed by atoms with Gasteiger partial charge in [-0.05, 0) is 30.3 Å². The number of thioether (sulfide) groups is 1. The number of hydrogen-bond donors (Lipinski definition) is 1. The van der Waals surface area contributed by atoms with Gasteiger partial charge < -0.3 is 9.72 Å². The van der Waals surface area contributed by atoms with Crippen molar-refractivity contribution in [1.82, 2.24) is 14.5 Å². The first kappa shape index (κ1) is 18.8. The molecule has 29 heavy (non-hydrogen) atoms. The summed E-state index contributed by atoms with van der Waals surface area (Å²) in [6, 6.07) is 15.4. The molecule has 146 valence electrons. The quantitative estimate of drug-likeness (QED) is 0.212. The van der Waals surface area contributed by atoms with Crippen molar-refractivity contribution in [2.75, 3.05) is 12.9 Å². The Morgan fingerprint density at radius 2 is 2.07 bits per heavy atom. The number of Topliss-reactive ketones (excluding diaryl/α,β-unsaturated/α-hetero) is 1. The van der Waals surface area contributed by atoms with E-state index in [0.29, 0.717) is 27.6 Å². The van der Waals surface area contributed by atoms with Crippen LogP contribution in [-0.2, 0) is 0 Å². The van der Waals surface area contributed by atoms with Gasteiger partial charge in [0.25, 0.3) is 5.69 Å². The van der Waals surface area contributed by atoms with Gasteiger partial charge in [0.15, 0.2) is 10.9 Å². The Hall–Kier alpha value is -3.59. The SMILES string of the molecule is COc1ccccc1-n1c(SCC(=O)c2ccc[nH]2)nc2cc([N+](=O)[O-])ccc21. The molecule has 9 heteroatoms. The van der Waals surface area contributed by atoms with E-state index in [2.05, 4.69) is 9.97 Å². The monoisotopic (exact) mass is 408 g/mol. The molecule has 8 nitrogen and oxygen atoms in total. The zero-order valence-corrected chi connectivity index (χ0v) is 16.2. The third-order valence-corrected chi connectivity index (χ3v) is 5.31. The topological polar surface area (TPSA) is 103 Å². The van der Waals surface area contributed by atoms with Crippen molar-refractivity contribution in [3.8, 4) is 11.4 Å². The molecule has 0 spiro atoms. The summed E-state index contributed by atoms with van der Waals surface area (Å²) in [5.74, 6) is 0.730. The van der Waals surface area contributed by atoms with Gasteiger partial charge in [-0.25, -0.2) is 4.98 Å². The highest BCUT2D eigenvalue weighted by molar-refractivity contribution is 7.99. The smallest absolute Gasteiger partial charge is 0.271 e. The molecule has 0 unspecified atom stereocenters. The van der Waals surface area contributed by atoms with Crippen molar-refractivity contribution in [1.29, 1.82) is 0 Å². The first-order valence-electron chi connectivity index (χ1n) is 8.68. The number of rotatable bonds is 7. The molecule has 4 aromatic rings. The Morgan fingerprint density at radius 1 is 1.24 bits per heavy atom. The van der Waals surface area contributed by atoms with Gasteiger partial charge in [0.05, 0.1) is 40.2 Å². The lowest BCUT2D eigenvalue weighted by molar-refractivity contribution is -0.384. The summed E-state index contributed by atoms with van der Waals surface area (Å²) in [5, 5.41) is 11.7. The predicted octanol–water partition coefficient (Wildman–Crippen LogP) is 4.25. The molecular weight excluding hydrogens is 392 g/mol. The number of non-ortho nitro benzene ring substituents is 1. The van der Waals surface area contributed by atoms with Crippen LogP contribution < -0.4 is 4.74 Å². The van der Waals surface area contributed by atoms with E-state index in [1.807, 2.05) is 28.8 Å². The molecule has 0 atom stereocenters. The second-order valence-electron chi connectivity index (χ2n) is 6.13. The Bertz CT molecular complexity index is 1200. The van der Waals surface area contributed by atoms with E-state index in [0.717, 1.165) is 5.69 Å². The number of aromatic amines is 1. The van der Waals surface area contributed by atoms with E-state index in [1.54, 1.807) is 31.5 Å². The van der Waals surface area contributed by atoms with Crippen LogP contribution in [0.15, 0.2) is 66.0 Å². The van der Waals surface area contributed by atoms with Crippen molar-refractivity contribution in [3.63, 3.8) is 0 Å². The van der Waals surface area contributed by atoms with Gasteiger partial charge >= 0.3 is 0 Å². The van der Waals surface area contributed by atoms with Crippen LogP contribution in [-0.4, -0.2) is 38.1 Å². The van der Waals surface area contributed by atoms with Crippen LogP contribution in [0.3, 0.4) is 0 Å². The number of carbonyl (C=O) groups excluding carboxylic acids is 1. The number of nitrogens with one attached hydrogen (secondary N) is 1. The highest BCUT2D eigenvalue weighted by Crippen LogP contribution is 2.34. The number of nitro benzene ring substituents is 1. The molecule has 0 aliphatic carbocycles. The van der Waals surface area contributed by atoms with E-state index in [-0.39, 0.29) is 17.2 Å². The normalized spacial score (nSPS) is 10.9. The van der Waals surface area contributed by atoms with Gasteiger partial charge in [-0.3, -0.25) is 19.5 Å². The number of aromatic nitrogens is 3. The van der Waals surface area contributed by atoms with Crippen LogP contribution in [0.4, 0.5) is 5.69 Å². The van der Waals surface area contributed by atoms with Gasteiger partial charge in [-0.1, -0.05) is 23.9 Å². The number of ketones is 1. The van der Waals surface area contributed by atoms with E-state index in [4.69, 9.17) is 4.74 Å². The zero-order chi connectivity index (χ0) is 20.4. The maximum Gasteiger partial charge on any atom is 0.271 e. The molecule has 1 N–H and O–H groups in total. The average molecular weight is 408 g/mol. The number of para-hydroxylation sites is 2. The Kier molecular flexibility index (Phi) is 5.05. The van der Waals surface area contributed by atoms with Crippen molar-refractivity contribution in [3.05, 3.63) is 76.6 Å². The molecule has 0 aliphatic rings. The number of imidazole rings is 1. The molecule has 0 bridgehead atoms. The third-order valence-electron chi connectivity index (χ3n) is 4.37. The highest BCUT2D eigenvalue weighted by Gasteiger charge is 2.19. The van der Waals surface area contributed by atoms with Gasteiger partial charge in [0.1, 0.15) is 5.75 Å². The van der Waals surface area contributed by atoms with Crippen LogP contribution in [0, 0.1) is 10.1 Å². The van der Waals surface area contributed by atoms with Crippen LogP contribution in [0.25, 0.3) is 16.7 Å². The predicted molar refractivity (Wildman–Crippen MR) is 110 cm³/mol. The van der Waals surface area contributed by atoms with Gasteiger partial charge in [0.2, 0.25) is 0 Å². The summed E-state index contributed by atoms with van der Waals surface area (Å²) in [6.45, 7) is 0. The minimum atomic E-state index is -0.455. The standard InChI is InChI=1S/C20H16N4O4S/c1-28-19-7-3-2-6-17(19)23-16-9-8-13(24(26)27)11-15(16)22-20(23)29-12-18(25)14-5-4-10-21-14/h2-11,21H,12H2,1H3. The number of methoxy groups -OCH3 is 1. The second-order valence-corrected chi connectivity index (χ2v) is 7.07. The lowest BCUT2D eigenvalue weighted by atomic mass is 10.2. The fourth-order valence-corrected chi connectivity index (χ4v) is 3.92. The van der Waals surface area contributed by atoms with Gasteiger partial charge in [-0.2, -0.15) is 0 Å². The van der Waals surface area contributed by atoms with Crippen molar-refractivity contribution in [2.24, 2.45) is 0 Å². The Labute approximate surface area is 169 Å². The molecule has 2 aromatic carbocycles. The molecule has 0 aliphatic heterocycles. The van der Waals surface area contributed by atoms with Crippen LogP contribution in [0.5, 0.6) is 5.75 Å². The summed E-state index contributed by atoms with van der Waals surface area (Å²) < 4.78 is 7.33. The molecule has 0 radical (unpaired) electrons. The largest absolute Gasteiger partial charge is 0.495 e. The first-order chi connectivity index (χ1) is 14.1. The Balaban J connectivity index is 1.81. The molecule has 2 aromatic heterocycles. The number of nitrogens with zero attached hydrogens (tertiary/aromatic N) is 3. The number of hydrogen-bond acceptors (Lipinski definition) is 6. The van der Waals surface area contributed by atoms with E-state index in [9.17, 15) is 14.9 Å². The lowest BCUT2D eigenvalue weighted by Gasteiger charge is -2.12. The molecule has 2 heterocycles. The third kappa shape index (κ3) is 3.59. The molecule has 4 rings (SSSR count). The van der Waals surface area contributed by atoms with Gasteiger partial charge in [0, 0.05) is 18.3 Å². The first-order valence-corrected chi connectivity index (χ1v) is 9.66. The molecule has 0 amide bonds. The van der Waals surface area contributed by atoms with Crippen molar-refractivity contribution in [2.45, 2.75) is 5.16 Å². The minimum absolute atomic E-state index is 0.0406. The van der Waals surface area contributed by atoms with E-state index < -0.39 is 4.92 Å².